The first-order chi connectivity index (χ1) is 9.08. The zero-order valence-electron chi connectivity index (χ0n) is 13.8. The van der Waals surface area contributed by atoms with Crippen molar-refractivity contribution < 1.29 is 0 Å². The van der Waals surface area contributed by atoms with Crippen LogP contribution in [-0.4, -0.2) is 38.1 Å². The van der Waals surface area contributed by atoms with E-state index >= 15 is 0 Å². The van der Waals surface area contributed by atoms with Crippen LogP contribution in [0.15, 0.2) is 0 Å². The minimum absolute atomic E-state index is 0.551. The van der Waals surface area contributed by atoms with Gasteiger partial charge in [-0.05, 0) is 50.7 Å². The monoisotopic (exact) mass is 268 g/mol. The Balaban J connectivity index is 2.44. The molecule has 1 aliphatic rings. The van der Waals surface area contributed by atoms with Gasteiger partial charge in [-0.25, -0.2) is 0 Å². The van der Waals surface area contributed by atoms with Crippen molar-refractivity contribution in [1.82, 2.24) is 10.2 Å². The van der Waals surface area contributed by atoms with Gasteiger partial charge in [0.1, 0.15) is 0 Å². The second-order valence-corrected chi connectivity index (χ2v) is 7.18. The molecule has 0 aliphatic heterocycles. The van der Waals surface area contributed by atoms with Crippen molar-refractivity contribution in [3.05, 3.63) is 0 Å². The number of nitrogens with one attached hydrogen (secondary N) is 1. The lowest BCUT2D eigenvalue weighted by Crippen LogP contribution is -2.45. The van der Waals surface area contributed by atoms with Gasteiger partial charge in [0.05, 0.1) is 0 Å². The van der Waals surface area contributed by atoms with Crippen LogP contribution in [0.1, 0.15) is 65.7 Å². The zero-order chi connectivity index (χ0) is 14.1. The fourth-order valence-corrected chi connectivity index (χ4v) is 3.40. The molecule has 1 N–H and O–H groups in total. The van der Waals surface area contributed by atoms with Crippen LogP contribution in [0.25, 0.3) is 0 Å². The molecular weight excluding hydrogens is 232 g/mol. The van der Waals surface area contributed by atoms with Gasteiger partial charge >= 0.3 is 0 Å². The molecule has 0 spiro atoms. The summed E-state index contributed by atoms with van der Waals surface area (Å²) >= 11 is 0. The molecule has 0 amide bonds. The molecule has 0 bridgehead atoms. The van der Waals surface area contributed by atoms with Crippen molar-refractivity contribution in [3.8, 4) is 0 Å². The summed E-state index contributed by atoms with van der Waals surface area (Å²) in [4.78, 5) is 2.58. The zero-order valence-corrected chi connectivity index (χ0v) is 13.8. The molecule has 19 heavy (non-hydrogen) atoms. The van der Waals surface area contributed by atoms with Crippen LogP contribution >= 0.6 is 0 Å². The predicted molar refractivity (Wildman–Crippen MR) is 85.6 cm³/mol. The van der Waals surface area contributed by atoms with Crippen LogP contribution in [0.4, 0.5) is 0 Å². The van der Waals surface area contributed by atoms with Crippen LogP contribution in [-0.2, 0) is 0 Å². The van der Waals surface area contributed by atoms with Crippen molar-refractivity contribution in [2.24, 2.45) is 11.3 Å². The molecule has 1 rings (SSSR count). The number of nitrogens with zero attached hydrogens (tertiary/aromatic N) is 1. The molecule has 0 saturated heterocycles. The molecule has 0 heterocycles. The number of hydrogen-bond acceptors (Lipinski definition) is 2. The maximum Gasteiger partial charge on any atom is 0.00471 e. The van der Waals surface area contributed by atoms with Gasteiger partial charge in [-0.2, -0.15) is 0 Å². The lowest BCUT2D eigenvalue weighted by molar-refractivity contribution is 0.116. The minimum atomic E-state index is 0.551. The van der Waals surface area contributed by atoms with Crippen LogP contribution in [0.3, 0.4) is 0 Å². The Morgan fingerprint density at radius 2 is 1.84 bits per heavy atom. The van der Waals surface area contributed by atoms with E-state index in [2.05, 4.69) is 38.0 Å². The number of hydrogen-bond donors (Lipinski definition) is 1. The van der Waals surface area contributed by atoms with Gasteiger partial charge in [0.15, 0.2) is 0 Å². The molecule has 0 atom stereocenters. The summed E-state index contributed by atoms with van der Waals surface area (Å²) in [6.07, 6.45) is 9.82. The molecule has 0 radical (unpaired) electrons. The van der Waals surface area contributed by atoms with E-state index in [1.165, 1.54) is 71.1 Å². The smallest absolute Gasteiger partial charge is 0.00471 e. The molecule has 114 valence electrons. The van der Waals surface area contributed by atoms with Gasteiger partial charge in [0, 0.05) is 13.1 Å². The summed E-state index contributed by atoms with van der Waals surface area (Å²) in [6.45, 7) is 11.8. The van der Waals surface area contributed by atoms with E-state index in [-0.39, 0.29) is 0 Å². The van der Waals surface area contributed by atoms with Gasteiger partial charge in [0.25, 0.3) is 0 Å². The molecule has 0 aromatic rings. The Kier molecular flexibility index (Phi) is 8.01. The second-order valence-electron chi connectivity index (χ2n) is 7.18. The van der Waals surface area contributed by atoms with Crippen LogP contribution in [0, 0.1) is 11.3 Å². The number of unbranched alkanes of at least 4 members (excludes halogenated alkanes) is 1. The van der Waals surface area contributed by atoms with Gasteiger partial charge in [-0.1, -0.05) is 46.5 Å². The Hall–Kier alpha value is -0.0800. The molecule has 1 fully saturated rings. The molecule has 0 aromatic carbocycles. The third-order valence-electron chi connectivity index (χ3n) is 4.47. The van der Waals surface area contributed by atoms with E-state index in [4.69, 9.17) is 0 Å². The van der Waals surface area contributed by atoms with Crippen molar-refractivity contribution in [3.63, 3.8) is 0 Å². The highest BCUT2D eigenvalue weighted by Gasteiger charge is 2.32. The maximum absolute atomic E-state index is 3.73. The largest absolute Gasteiger partial charge is 0.316 e. The maximum atomic E-state index is 3.73. The Labute approximate surface area is 121 Å². The van der Waals surface area contributed by atoms with Gasteiger partial charge in [0.2, 0.25) is 0 Å². The lowest BCUT2D eigenvalue weighted by atomic mass is 9.73. The van der Waals surface area contributed by atoms with Crippen molar-refractivity contribution in [2.75, 3.05) is 33.2 Å². The van der Waals surface area contributed by atoms with Gasteiger partial charge < -0.3 is 10.2 Å². The van der Waals surface area contributed by atoms with Crippen LogP contribution < -0.4 is 5.32 Å². The van der Waals surface area contributed by atoms with E-state index in [1.54, 1.807) is 0 Å². The van der Waals surface area contributed by atoms with Crippen LogP contribution in [0.5, 0.6) is 0 Å². The van der Waals surface area contributed by atoms with E-state index < -0.39 is 0 Å². The highest BCUT2D eigenvalue weighted by molar-refractivity contribution is 4.87. The minimum Gasteiger partial charge on any atom is -0.316 e. The summed E-state index contributed by atoms with van der Waals surface area (Å²) in [6, 6.07) is 0. The molecule has 1 aliphatic carbocycles. The van der Waals surface area contributed by atoms with E-state index in [1.807, 2.05) is 0 Å². The van der Waals surface area contributed by atoms with Crippen molar-refractivity contribution >= 4 is 0 Å². The molecule has 2 heteroatoms. The number of rotatable bonds is 9. The molecule has 0 aromatic heterocycles. The van der Waals surface area contributed by atoms with Crippen LogP contribution in [0.2, 0.25) is 0 Å². The summed E-state index contributed by atoms with van der Waals surface area (Å²) in [5, 5.41) is 3.73. The second kappa shape index (κ2) is 8.97. The SMILES string of the molecule is CCCCN(C)CC1(CNCC(C)C)CCCCC1. The molecule has 1 saturated carbocycles. The molecular formula is C17H36N2. The topological polar surface area (TPSA) is 15.3 Å². The Morgan fingerprint density at radius 3 is 2.42 bits per heavy atom. The van der Waals surface area contributed by atoms with E-state index in [0.717, 1.165) is 5.92 Å². The molecule has 2 nitrogen and oxygen atoms in total. The van der Waals surface area contributed by atoms with Crippen molar-refractivity contribution in [1.29, 1.82) is 0 Å². The summed E-state index contributed by atoms with van der Waals surface area (Å²) in [5.74, 6) is 0.762. The Morgan fingerprint density at radius 1 is 1.16 bits per heavy atom. The fraction of sp³-hybridized carbons (Fsp3) is 1.00. The van der Waals surface area contributed by atoms with Crippen molar-refractivity contribution in [2.45, 2.75) is 65.7 Å². The fourth-order valence-electron chi connectivity index (χ4n) is 3.40. The summed E-state index contributed by atoms with van der Waals surface area (Å²) < 4.78 is 0. The predicted octanol–water partition coefficient (Wildman–Crippen LogP) is 3.91. The quantitative estimate of drug-likeness (QED) is 0.682. The average Bonchev–Trinajstić information content (AvgIpc) is 2.37. The molecule has 0 unspecified atom stereocenters. The third kappa shape index (κ3) is 6.76. The van der Waals surface area contributed by atoms with E-state index in [9.17, 15) is 0 Å². The van der Waals surface area contributed by atoms with E-state index in [0.29, 0.717) is 5.41 Å². The summed E-state index contributed by atoms with van der Waals surface area (Å²) in [7, 11) is 2.31. The first-order valence-electron chi connectivity index (χ1n) is 8.47. The highest BCUT2D eigenvalue weighted by atomic mass is 15.1. The third-order valence-corrected chi connectivity index (χ3v) is 4.47. The van der Waals surface area contributed by atoms with Gasteiger partial charge in [-0.3, -0.25) is 0 Å². The normalized spacial score (nSPS) is 19.3. The Bertz CT molecular complexity index is 219. The highest BCUT2D eigenvalue weighted by Crippen LogP contribution is 2.36. The lowest BCUT2D eigenvalue weighted by Gasteiger charge is -2.40. The average molecular weight is 268 g/mol. The first-order valence-corrected chi connectivity index (χ1v) is 8.47. The van der Waals surface area contributed by atoms with Gasteiger partial charge in [-0.15, -0.1) is 0 Å². The summed E-state index contributed by atoms with van der Waals surface area (Å²) in [5.41, 5.74) is 0.551. The standard InChI is InChI=1S/C17H36N2/c1-5-6-12-19(4)15-17(10-8-7-9-11-17)14-18-13-16(2)3/h16,18H,5-15H2,1-4H3. The first kappa shape index (κ1) is 17.0.